The summed E-state index contributed by atoms with van der Waals surface area (Å²) in [6.45, 7) is 0.521. The molecule has 80 valence electrons. The van der Waals surface area contributed by atoms with E-state index in [1.165, 1.54) is 6.07 Å². The van der Waals surface area contributed by atoms with E-state index < -0.39 is 0 Å². The molecule has 0 bridgehead atoms. The van der Waals surface area contributed by atoms with E-state index in [1.54, 1.807) is 6.07 Å². The molecule has 0 heterocycles. The lowest BCUT2D eigenvalue weighted by molar-refractivity contribution is 0.630. The van der Waals surface area contributed by atoms with Crippen molar-refractivity contribution in [2.24, 2.45) is 5.73 Å². The summed E-state index contributed by atoms with van der Waals surface area (Å²) in [5.74, 6) is -0.0113. The standard InChI is InChI=1S/C14H12FN/c15-13-7-3-6-11-12(8-16)9-4-1-2-5-10(9)14(11)13/h1-7,12H,8,16H2. The molecule has 0 aromatic heterocycles. The molecule has 1 aliphatic rings. The van der Waals surface area contributed by atoms with E-state index in [-0.39, 0.29) is 11.7 Å². The van der Waals surface area contributed by atoms with Gasteiger partial charge < -0.3 is 5.73 Å². The molecule has 1 nitrogen and oxygen atoms in total. The number of hydrogen-bond donors (Lipinski definition) is 1. The van der Waals surface area contributed by atoms with Crippen LogP contribution in [0.25, 0.3) is 11.1 Å². The Bertz CT molecular complexity index is 548. The van der Waals surface area contributed by atoms with Gasteiger partial charge in [0, 0.05) is 18.0 Å². The van der Waals surface area contributed by atoms with Gasteiger partial charge in [0.2, 0.25) is 0 Å². The highest BCUT2D eigenvalue weighted by Crippen LogP contribution is 2.45. The van der Waals surface area contributed by atoms with Gasteiger partial charge in [0.25, 0.3) is 0 Å². The fourth-order valence-corrected chi connectivity index (χ4v) is 2.57. The van der Waals surface area contributed by atoms with Crippen molar-refractivity contribution in [3.8, 4) is 11.1 Å². The third kappa shape index (κ3) is 1.14. The van der Waals surface area contributed by atoms with Crippen LogP contribution in [0.2, 0.25) is 0 Å². The van der Waals surface area contributed by atoms with Crippen molar-refractivity contribution in [1.29, 1.82) is 0 Å². The zero-order valence-corrected chi connectivity index (χ0v) is 8.78. The van der Waals surface area contributed by atoms with Crippen LogP contribution in [0.4, 0.5) is 4.39 Å². The molecule has 2 aromatic rings. The van der Waals surface area contributed by atoms with Crippen LogP contribution >= 0.6 is 0 Å². The maximum atomic E-state index is 13.8. The van der Waals surface area contributed by atoms with Crippen LogP contribution in [0.15, 0.2) is 42.5 Å². The summed E-state index contributed by atoms with van der Waals surface area (Å²) in [6.07, 6.45) is 0. The van der Waals surface area contributed by atoms with E-state index in [4.69, 9.17) is 5.73 Å². The van der Waals surface area contributed by atoms with Gasteiger partial charge in [-0.2, -0.15) is 0 Å². The van der Waals surface area contributed by atoms with Crippen molar-refractivity contribution in [3.05, 3.63) is 59.4 Å². The van der Waals surface area contributed by atoms with Gasteiger partial charge in [0.1, 0.15) is 5.82 Å². The van der Waals surface area contributed by atoms with Gasteiger partial charge >= 0.3 is 0 Å². The third-order valence-electron chi connectivity index (χ3n) is 3.26. The maximum absolute atomic E-state index is 13.8. The lowest BCUT2D eigenvalue weighted by Crippen LogP contribution is -2.11. The van der Waals surface area contributed by atoms with Crippen LogP contribution in [-0.2, 0) is 0 Å². The van der Waals surface area contributed by atoms with Crippen LogP contribution in [0.3, 0.4) is 0 Å². The van der Waals surface area contributed by atoms with Gasteiger partial charge in [-0.15, -0.1) is 0 Å². The van der Waals surface area contributed by atoms with Gasteiger partial charge in [-0.25, -0.2) is 4.39 Å². The van der Waals surface area contributed by atoms with E-state index in [9.17, 15) is 4.39 Å². The molecule has 0 fully saturated rings. The number of hydrogen-bond acceptors (Lipinski definition) is 1. The minimum Gasteiger partial charge on any atom is -0.330 e. The van der Waals surface area contributed by atoms with Gasteiger partial charge in [-0.1, -0.05) is 36.4 Å². The Morgan fingerprint density at radius 3 is 2.56 bits per heavy atom. The third-order valence-corrected chi connectivity index (χ3v) is 3.26. The van der Waals surface area contributed by atoms with Gasteiger partial charge in [-0.05, 0) is 22.8 Å². The molecule has 2 heteroatoms. The first-order chi connectivity index (χ1) is 7.83. The van der Waals surface area contributed by atoms with Crippen molar-refractivity contribution >= 4 is 0 Å². The highest BCUT2D eigenvalue weighted by Gasteiger charge is 2.29. The molecule has 0 saturated carbocycles. The van der Waals surface area contributed by atoms with Crippen LogP contribution in [0, 0.1) is 5.82 Å². The van der Waals surface area contributed by atoms with Crippen LogP contribution in [-0.4, -0.2) is 6.54 Å². The van der Waals surface area contributed by atoms with Crippen LogP contribution in [0.5, 0.6) is 0 Å². The summed E-state index contributed by atoms with van der Waals surface area (Å²) in [5, 5.41) is 0. The number of fused-ring (bicyclic) bond motifs is 3. The molecule has 1 unspecified atom stereocenters. The Labute approximate surface area is 93.7 Å². The van der Waals surface area contributed by atoms with Gasteiger partial charge in [0.05, 0.1) is 0 Å². The SMILES string of the molecule is NCC1c2ccccc2-c2c(F)cccc21. The smallest absolute Gasteiger partial charge is 0.131 e. The van der Waals surface area contributed by atoms with Gasteiger partial charge in [-0.3, -0.25) is 0 Å². The Morgan fingerprint density at radius 2 is 1.75 bits per heavy atom. The minimum absolute atomic E-state index is 0.141. The highest BCUT2D eigenvalue weighted by atomic mass is 19.1. The summed E-state index contributed by atoms with van der Waals surface area (Å²) >= 11 is 0. The van der Waals surface area contributed by atoms with Crippen molar-refractivity contribution in [2.75, 3.05) is 6.54 Å². The Kier molecular flexibility index (Phi) is 2.04. The second kappa shape index (κ2) is 3.42. The highest BCUT2D eigenvalue weighted by molar-refractivity contribution is 5.79. The molecule has 2 aromatic carbocycles. The summed E-state index contributed by atoms with van der Waals surface area (Å²) < 4.78 is 13.8. The predicted molar refractivity (Wildman–Crippen MR) is 62.7 cm³/mol. The fourth-order valence-electron chi connectivity index (χ4n) is 2.57. The Hall–Kier alpha value is -1.67. The molecule has 3 rings (SSSR count). The molecule has 0 spiro atoms. The van der Waals surface area contributed by atoms with E-state index >= 15 is 0 Å². The average Bonchev–Trinajstić information content (AvgIpc) is 2.64. The predicted octanol–water partition coefficient (Wildman–Crippen LogP) is 2.90. The molecule has 0 amide bonds. The largest absolute Gasteiger partial charge is 0.330 e. The second-order valence-electron chi connectivity index (χ2n) is 4.08. The van der Waals surface area contributed by atoms with Crippen molar-refractivity contribution in [2.45, 2.75) is 5.92 Å². The normalized spacial score (nSPS) is 17.0. The minimum atomic E-state index is -0.152. The molecular formula is C14H12FN. The van der Waals surface area contributed by atoms with E-state index in [0.29, 0.717) is 6.54 Å². The molecule has 2 N–H and O–H groups in total. The Morgan fingerprint density at radius 1 is 1.00 bits per heavy atom. The van der Waals surface area contributed by atoms with E-state index in [2.05, 4.69) is 0 Å². The fraction of sp³-hybridized carbons (Fsp3) is 0.143. The second-order valence-corrected chi connectivity index (χ2v) is 4.08. The molecule has 16 heavy (non-hydrogen) atoms. The first-order valence-electron chi connectivity index (χ1n) is 5.40. The molecule has 0 aliphatic heterocycles. The molecular weight excluding hydrogens is 201 g/mol. The number of halogens is 1. The van der Waals surface area contributed by atoms with E-state index in [0.717, 1.165) is 22.3 Å². The first kappa shape index (κ1) is 9.55. The van der Waals surface area contributed by atoms with Crippen LogP contribution in [0.1, 0.15) is 17.0 Å². The summed E-state index contributed by atoms with van der Waals surface area (Å²) in [6, 6.07) is 13.1. The molecule has 1 atom stereocenters. The number of rotatable bonds is 1. The monoisotopic (exact) mass is 213 g/mol. The lowest BCUT2D eigenvalue weighted by Gasteiger charge is -2.09. The molecule has 0 saturated heterocycles. The number of benzene rings is 2. The average molecular weight is 213 g/mol. The number of nitrogens with two attached hydrogens (primary N) is 1. The van der Waals surface area contributed by atoms with Crippen LogP contribution < -0.4 is 5.73 Å². The first-order valence-corrected chi connectivity index (χ1v) is 5.40. The molecule has 0 radical (unpaired) electrons. The van der Waals surface area contributed by atoms with Gasteiger partial charge in [0.15, 0.2) is 0 Å². The van der Waals surface area contributed by atoms with Crippen molar-refractivity contribution in [3.63, 3.8) is 0 Å². The maximum Gasteiger partial charge on any atom is 0.131 e. The molecule has 1 aliphatic carbocycles. The Balaban J connectivity index is 2.35. The lowest BCUT2D eigenvalue weighted by atomic mass is 9.97. The van der Waals surface area contributed by atoms with Crippen molar-refractivity contribution in [1.82, 2.24) is 0 Å². The zero-order chi connectivity index (χ0) is 11.1. The summed E-state index contributed by atoms with van der Waals surface area (Å²) in [7, 11) is 0. The topological polar surface area (TPSA) is 26.0 Å². The van der Waals surface area contributed by atoms with Crippen molar-refractivity contribution < 1.29 is 4.39 Å². The van der Waals surface area contributed by atoms with E-state index in [1.807, 2.05) is 30.3 Å². The summed E-state index contributed by atoms with van der Waals surface area (Å²) in [5.41, 5.74) is 9.67. The summed E-state index contributed by atoms with van der Waals surface area (Å²) in [4.78, 5) is 0. The quantitative estimate of drug-likeness (QED) is 0.774. The zero-order valence-electron chi connectivity index (χ0n) is 8.78.